The highest BCUT2D eigenvalue weighted by Gasteiger charge is 2.28. The molecule has 0 spiro atoms. The van der Waals surface area contributed by atoms with E-state index < -0.39 is 3.92 Å². The van der Waals surface area contributed by atoms with Crippen molar-refractivity contribution in [2.24, 2.45) is 0 Å². The molecule has 0 aliphatic heterocycles. The highest BCUT2D eigenvalue weighted by atomic mass is 35.5. The van der Waals surface area contributed by atoms with Crippen LogP contribution in [-0.2, 0) is 0 Å². The molecule has 0 aliphatic rings. The highest BCUT2D eigenvalue weighted by Crippen LogP contribution is 2.40. The van der Waals surface area contributed by atoms with E-state index >= 15 is 0 Å². The fourth-order valence-electron chi connectivity index (χ4n) is 1.26. The number of halogens is 3. The van der Waals surface area contributed by atoms with Gasteiger partial charge in [-0.3, -0.25) is 9.21 Å². The van der Waals surface area contributed by atoms with Crippen LogP contribution in [0.4, 0.5) is 10.1 Å². The summed E-state index contributed by atoms with van der Waals surface area (Å²) in [7, 11) is 3.79. The van der Waals surface area contributed by atoms with E-state index in [1.807, 2.05) is 50.2 Å². The Morgan fingerprint density at radius 3 is 2.18 bits per heavy atom. The van der Waals surface area contributed by atoms with Crippen LogP contribution in [0.25, 0.3) is 0 Å². The topological polar surface area (TPSA) is 6.48 Å². The zero-order chi connectivity index (χ0) is 13.1. The Balaban J connectivity index is 2.85. The van der Waals surface area contributed by atoms with Crippen molar-refractivity contribution in [1.29, 1.82) is 0 Å². The van der Waals surface area contributed by atoms with Gasteiger partial charge < -0.3 is 0 Å². The summed E-state index contributed by atoms with van der Waals surface area (Å²) in [6.07, 6.45) is 0. The second-order valence-corrected chi connectivity index (χ2v) is 6.84. The minimum absolute atomic E-state index is 0.513. The molecule has 0 heterocycles. The van der Waals surface area contributed by atoms with Crippen molar-refractivity contribution in [3.8, 4) is 0 Å². The van der Waals surface area contributed by atoms with Gasteiger partial charge in [-0.05, 0) is 33.2 Å². The molecule has 6 heteroatoms. The van der Waals surface area contributed by atoms with Crippen molar-refractivity contribution in [2.45, 2.75) is 10.8 Å². The van der Waals surface area contributed by atoms with Gasteiger partial charge in [0.15, 0.2) is 0 Å². The number of nitrogens with zero attached hydrogens (tertiary/aromatic N) is 2. The summed E-state index contributed by atoms with van der Waals surface area (Å²) < 4.78 is 12.7. The summed E-state index contributed by atoms with van der Waals surface area (Å²) in [5, 5.41) is 0. The van der Waals surface area contributed by atoms with Crippen LogP contribution in [0.15, 0.2) is 24.3 Å². The normalized spacial score (nSPS) is 11.9. The van der Waals surface area contributed by atoms with Crippen LogP contribution in [0.3, 0.4) is 0 Å². The van der Waals surface area contributed by atoms with Gasteiger partial charge in [-0.15, -0.1) is 0 Å². The quantitative estimate of drug-likeness (QED) is 0.460. The molecule has 1 aromatic rings. The van der Waals surface area contributed by atoms with Gasteiger partial charge in [0.2, 0.25) is 0 Å². The lowest BCUT2D eigenvalue weighted by Crippen LogP contribution is -2.30. The summed E-state index contributed by atoms with van der Waals surface area (Å²) in [4.78, 5) is 1.91. The van der Waals surface area contributed by atoms with E-state index in [2.05, 4.69) is 0 Å². The van der Waals surface area contributed by atoms with Gasteiger partial charge in [0.1, 0.15) is 0 Å². The fourth-order valence-corrected chi connectivity index (χ4v) is 2.52. The molecule has 0 N–H and O–H groups in total. The van der Waals surface area contributed by atoms with Crippen LogP contribution in [0.1, 0.15) is 5.56 Å². The molecule has 17 heavy (non-hydrogen) atoms. The third-order valence-corrected chi connectivity index (χ3v) is 3.11. The maximum atomic E-state index is 13.3. The van der Waals surface area contributed by atoms with Crippen molar-refractivity contribution in [3.05, 3.63) is 29.8 Å². The van der Waals surface area contributed by atoms with Gasteiger partial charge >= 0.3 is 3.92 Å². The number of alkyl halides is 3. The molecular weight excluding hydrogens is 282 g/mol. The first kappa shape index (κ1) is 14.9. The Morgan fingerprint density at radius 1 is 1.24 bits per heavy atom. The summed E-state index contributed by atoms with van der Waals surface area (Å²) in [6, 6.07) is 7.73. The van der Waals surface area contributed by atoms with E-state index in [0.717, 1.165) is 23.2 Å². The van der Waals surface area contributed by atoms with Crippen LogP contribution < -0.4 is 4.31 Å². The molecule has 0 unspecified atom stereocenters. The highest BCUT2D eigenvalue weighted by molar-refractivity contribution is 8.04. The predicted molar refractivity (Wildman–Crippen MR) is 75.3 cm³/mol. The summed E-state index contributed by atoms with van der Waals surface area (Å²) in [5.41, 5.74) is 2.00. The minimum Gasteiger partial charge on any atom is -0.297 e. The smallest absolute Gasteiger partial charge is 0.297 e. The molecule has 0 saturated carbocycles. The van der Waals surface area contributed by atoms with E-state index in [0.29, 0.717) is 6.67 Å². The first-order valence-corrected chi connectivity index (χ1v) is 6.55. The lowest BCUT2D eigenvalue weighted by molar-refractivity contribution is 0.425. The number of hydrogen-bond acceptors (Lipinski definition) is 3. The van der Waals surface area contributed by atoms with E-state index in [4.69, 9.17) is 23.2 Å². The second-order valence-electron chi connectivity index (χ2n) is 3.97. The third kappa shape index (κ3) is 5.82. The summed E-state index contributed by atoms with van der Waals surface area (Å²) in [5.74, 6) is 0. The molecule has 0 bridgehead atoms. The van der Waals surface area contributed by atoms with Crippen molar-refractivity contribution in [2.75, 3.05) is 25.1 Å². The zero-order valence-electron chi connectivity index (χ0n) is 9.95. The molecule has 1 aromatic carbocycles. The molecule has 0 radical (unpaired) electrons. The SMILES string of the molecule is Cc1ccc(N(CN(C)C)SC(F)(Cl)Cl)cc1. The van der Waals surface area contributed by atoms with Crippen LogP contribution >= 0.6 is 35.1 Å². The standard InChI is InChI=1S/C11H15Cl2FN2S/c1-9-4-6-10(7-5-9)16(8-15(2)3)17-11(12,13)14/h4-7H,8H2,1-3H3. The number of hydrogen-bond donors (Lipinski definition) is 0. The van der Waals surface area contributed by atoms with Crippen molar-refractivity contribution < 1.29 is 4.39 Å². The Labute approximate surface area is 116 Å². The Morgan fingerprint density at radius 2 is 1.76 bits per heavy atom. The van der Waals surface area contributed by atoms with Crippen molar-refractivity contribution >= 4 is 40.8 Å². The molecule has 0 aliphatic carbocycles. The molecule has 96 valence electrons. The van der Waals surface area contributed by atoms with Crippen molar-refractivity contribution in [3.63, 3.8) is 0 Å². The molecule has 1 rings (SSSR count). The Kier molecular flexibility index (Phi) is 5.38. The number of rotatable bonds is 5. The average molecular weight is 297 g/mol. The number of benzene rings is 1. The zero-order valence-corrected chi connectivity index (χ0v) is 12.3. The summed E-state index contributed by atoms with van der Waals surface area (Å²) in [6.45, 7) is 2.51. The van der Waals surface area contributed by atoms with E-state index in [9.17, 15) is 4.39 Å². The lowest BCUT2D eigenvalue weighted by Gasteiger charge is -2.28. The molecule has 0 aromatic heterocycles. The van der Waals surface area contributed by atoms with Gasteiger partial charge in [-0.25, -0.2) is 0 Å². The lowest BCUT2D eigenvalue weighted by atomic mass is 10.2. The molecule has 2 nitrogen and oxygen atoms in total. The minimum atomic E-state index is -2.33. The van der Waals surface area contributed by atoms with E-state index in [1.165, 1.54) is 0 Å². The third-order valence-electron chi connectivity index (χ3n) is 1.95. The molecule has 0 atom stereocenters. The van der Waals surface area contributed by atoms with Gasteiger partial charge in [0, 0.05) is 17.6 Å². The molecule has 0 amide bonds. The maximum Gasteiger partial charge on any atom is 0.323 e. The van der Waals surface area contributed by atoms with Gasteiger partial charge in [0.05, 0.1) is 6.67 Å². The first-order valence-electron chi connectivity index (χ1n) is 5.03. The fraction of sp³-hybridized carbons (Fsp3) is 0.455. The monoisotopic (exact) mass is 296 g/mol. The number of aryl methyl sites for hydroxylation is 1. The van der Waals surface area contributed by atoms with Crippen LogP contribution in [0, 0.1) is 6.92 Å². The van der Waals surface area contributed by atoms with E-state index in [1.54, 1.807) is 4.31 Å². The van der Waals surface area contributed by atoms with Crippen LogP contribution in [0.2, 0.25) is 0 Å². The number of anilines is 1. The van der Waals surface area contributed by atoms with Crippen molar-refractivity contribution in [1.82, 2.24) is 4.90 Å². The second kappa shape index (κ2) is 6.14. The predicted octanol–water partition coefficient (Wildman–Crippen LogP) is 4.03. The molecule has 0 saturated heterocycles. The maximum absolute atomic E-state index is 13.3. The Hall–Kier alpha value is -0.160. The average Bonchev–Trinajstić information content (AvgIpc) is 2.14. The van der Waals surface area contributed by atoms with Gasteiger partial charge in [0.25, 0.3) is 0 Å². The molecular formula is C11H15Cl2FN2S. The largest absolute Gasteiger partial charge is 0.323 e. The first-order chi connectivity index (χ1) is 7.78. The molecule has 0 fully saturated rings. The summed E-state index contributed by atoms with van der Waals surface area (Å²) >= 11 is 11.5. The van der Waals surface area contributed by atoms with Crippen LogP contribution in [-0.4, -0.2) is 29.6 Å². The Bertz CT molecular complexity index is 351. The van der Waals surface area contributed by atoms with Crippen LogP contribution in [0.5, 0.6) is 0 Å². The van der Waals surface area contributed by atoms with E-state index in [-0.39, 0.29) is 0 Å². The van der Waals surface area contributed by atoms with Gasteiger partial charge in [-0.1, -0.05) is 40.9 Å². The van der Waals surface area contributed by atoms with Gasteiger partial charge in [-0.2, -0.15) is 4.39 Å².